The first kappa shape index (κ1) is 15.4. The highest BCUT2D eigenvalue weighted by Gasteiger charge is 2.17. The number of para-hydroxylation sites is 1. The number of aromatic nitrogens is 2. The molecule has 0 fully saturated rings. The van der Waals surface area contributed by atoms with Crippen LogP contribution in [0.3, 0.4) is 0 Å². The zero-order valence-corrected chi connectivity index (χ0v) is 12.2. The second-order valence-corrected chi connectivity index (χ2v) is 4.70. The van der Waals surface area contributed by atoms with Gasteiger partial charge in [-0.15, -0.1) is 10.2 Å². The standard InChI is InChI=1S/C15H11N3O6/c19-14(8-10-4-1-2-5-11(10)18(20)21)23-9-13-16-17-15(24-13)12-6-3-7-22-12/h1-7H,8-9H2. The number of esters is 1. The topological polar surface area (TPSA) is 122 Å². The van der Waals surface area contributed by atoms with Gasteiger partial charge in [0, 0.05) is 11.6 Å². The zero-order chi connectivity index (χ0) is 16.9. The Labute approximate surface area is 135 Å². The van der Waals surface area contributed by atoms with Gasteiger partial charge in [0.2, 0.25) is 0 Å². The predicted molar refractivity (Wildman–Crippen MR) is 78.6 cm³/mol. The lowest BCUT2D eigenvalue weighted by Crippen LogP contribution is -2.09. The maximum absolute atomic E-state index is 11.8. The Morgan fingerprint density at radius 3 is 2.79 bits per heavy atom. The highest BCUT2D eigenvalue weighted by molar-refractivity contribution is 5.74. The van der Waals surface area contributed by atoms with Crippen LogP contribution in [0, 0.1) is 10.1 Å². The van der Waals surface area contributed by atoms with Crippen molar-refractivity contribution < 1.29 is 23.3 Å². The van der Waals surface area contributed by atoms with Gasteiger partial charge < -0.3 is 13.6 Å². The largest absolute Gasteiger partial charge is 0.459 e. The van der Waals surface area contributed by atoms with Crippen LogP contribution in [0.2, 0.25) is 0 Å². The zero-order valence-electron chi connectivity index (χ0n) is 12.2. The van der Waals surface area contributed by atoms with Gasteiger partial charge >= 0.3 is 5.97 Å². The quantitative estimate of drug-likeness (QED) is 0.384. The van der Waals surface area contributed by atoms with E-state index in [4.69, 9.17) is 13.6 Å². The van der Waals surface area contributed by atoms with Gasteiger partial charge in [-0.3, -0.25) is 14.9 Å². The number of hydrogen-bond acceptors (Lipinski definition) is 8. The fraction of sp³-hybridized carbons (Fsp3) is 0.133. The molecule has 3 aromatic rings. The van der Waals surface area contributed by atoms with Crippen LogP contribution in [0.25, 0.3) is 11.7 Å². The Kier molecular flexibility index (Phi) is 4.32. The van der Waals surface area contributed by atoms with Gasteiger partial charge in [-0.1, -0.05) is 18.2 Å². The van der Waals surface area contributed by atoms with Crippen LogP contribution >= 0.6 is 0 Å². The highest BCUT2D eigenvalue weighted by atomic mass is 16.6. The van der Waals surface area contributed by atoms with Crippen molar-refractivity contribution in [2.75, 3.05) is 0 Å². The molecular weight excluding hydrogens is 318 g/mol. The van der Waals surface area contributed by atoms with Gasteiger partial charge in [-0.2, -0.15) is 0 Å². The molecule has 0 saturated carbocycles. The average Bonchev–Trinajstić information content (AvgIpc) is 3.24. The van der Waals surface area contributed by atoms with Gasteiger partial charge in [0.25, 0.3) is 17.5 Å². The van der Waals surface area contributed by atoms with Crippen LogP contribution in [0.15, 0.2) is 51.5 Å². The number of nitrogens with zero attached hydrogens (tertiary/aromatic N) is 3. The molecule has 0 aliphatic rings. The SMILES string of the molecule is O=C(Cc1ccccc1[N+](=O)[O-])OCc1nnc(-c2ccco2)o1. The van der Waals surface area contributed by atoms with Crippen molar-refractivity contribution >= 4 is 11.7 Å². The van der Waals surface area contributed by atoms with E-state index in [1.807, 2.05) is 0 Å². The summed E-state index contributed by atoms with van der Waals surface area (Å²) in [5.41, 5.74) is 0.140. The maximum Gasteiger partial charge on any atom is 0.311 e. The number of benzene rings is 1. The second-order valence-electron chi connectivity index (χ2n) is 4.70. The highest BCUT2D eigenvalue weighted by Crippen LogP contribution is 2.20. The van der Waals surface area contributed by atoms with Crippen molar-refractivity contribution in [1.29, 1.82) is 0 Å². The number of carbonyl (C=O) groups excluding carboxylic acids is 1. The van der Waals surface area contributed by atoms with Gasteiger partial charge in [0.15, 0.2) is 12.4 Å². The van der Waals surface area contributed by atoms with E-state index in [2.05, 4.69) is 10.2 Å². The van der Waals surface area contributed by atoms with E-state index in [1.54, 1.807) is 18.2 Å². The number of furan rings is 1. The van der Waals surface area contributed by atoms with Crippen molar-refractivity contribution in [3.05, 3.63) is 64.2 Å². The number of nitro groups is 1. The van der Waals surface area contributed by atoms with Crippen LogP contribution in [-0.4, -0.2) is 21.1 Å². The Morgan fingerprint density at radius 1 is 1.21 bits per heavy atom. The van der Waals surface area contributed by atoms with Crippen LogP contribution < -0.4 is 0 Å². The summed E-state index contributed by atoms with van der Waals surface area (Å²) in [6.45, 7) is -0.229. The summed E-state index contributed by atoms with van der Waals surface area (Å²) < 4.78 is 15.4. The molecule has 1 aromatic carbocycles. The normalized spacial score (nSPS) is 10.5. The van der Waals surface area contributed by atoms with Crippen molar-refractivity contribution in [3.8, 4) is 11.7 Å². The first-order chi connectivity index (χ1) is 11.6. The summed E-state index contributed by atoms with van der Waals surface area (Å²) in [6.07, 6.45) is 1.24. The molecule has 2 heterocycles. The van der Waals surface area contributed by atoms with E-state index < -0.39 is 10.9 Å². The molecule has 0 saturated heterocycles. The Balaban J connectivity index is 1.59. The summed E-state index contributed by atoms with van der Waals surface area (Å²) in [5, 5.41) is 18.4. The van der Waals surface area contributed by atoms with Crippen molar-refractivity contribution in [3.63, 3.8) is 0 Å². The molecule has 0 bridgehead atoms. The van der Waals surface area contributed by atoms with E-state index >= 15 is 0 Å². The summed E-state index contributed by atoms with van der Waals surface area (Å²) >= 11 is 0. The van der Waals surface area contributed by atoms with Crippen molar-refractivity contribution in [2.45, 2.75) is 13.0 Å². The summed E-state index contributed by atoms with van der Waals surface area (Å²) in [7, 11) is 0. The molecular formula is C15H11N3O6. The molecule has 122 valence electrons. The fourth-order valence-electron chi connectivity index (χ4n) is 2.00. The first-order valence-electron chi connectivity index (χ1n) is 6.87. The minimum atomic E-state index is -0.637. The monoisotopic (exact) mass is 329 g/mol. The molecule has 0 aliphatic heterocycles. The molecule has 0 atom stereocenters. The first-order valence-corrected chi connectivity index (χ1v) is 6.87. The molecule has 9 nitrogen and oxygen atoms in total. The van der Waals surface area contributed by atoms with E-state index in [9.17, 15) is 14.9 Å². The number of rotatable bonds is 6. The van der Waals surface area contributed by atoms with Gasteiger partial charge in [-0.05, 0) is 12.1 Å². The lowest BCUT2D eigenvalue weighted by Gasteiger charge is -2.03. The van der Waals surface area contributed by atoms with Crippen molar-refractivity contribution in [1.82, 2.24) is 10.2 Å². The number of hydrogen-bond donors (Lipinski definition) is 0. The average molecular weight is 329 g/mol. The van der Waals surface area contributed by atoms with Gasteiger partial charge in [0.1, 0.15) is 0 Å². The molecule has 0 N–H and O–H groups in total. The molecule has 3 rings (SSSR count). The predicted octanol–water partition coefficient (Wildman–Crippen LogP) is 2.52. The van der Waals surface area contributed by atoms with Gasteiger partial charge in [0.05, 0.1) is 17.6 Å². The van der Waals surface area contributed by atoms with Crippen LogP contribution in [0.5, 0.6) is 0 Å². The fourth-order valence-corrected chi connectivity index (χ4v) is 2.00. The molecule has 0 aliphatic carbocycles. The molecule has 2 aromatic heterocycles. The van der Waals surface area contributed by atoms with E-state index in [1.165, 1.54) is 24.5 Å². The Hall–Kier alpha value is -3.49. The third-order valence-electron chi connectivity index (χ3n) is 3.08. The van der Waals surface area contributed by atoms with Crippen molar-refractivity contribution in [2.24, 2.45) is 0 Å². The summed E-state index contributed by atoms with van der Waals surface area (Å²) in [6, 6.07) is 9.30. The second kappa shape index (κ2) is 6.73. The van der Waals surface area contributed by atoms with Crippen LogP contribution in [-0.2, 0) is 22.6 Å². The molecule has 0 amide bonds. The minimum absolute atomic E-state index is 0.0947. The third kappa shape index (κ3) is 3.46. The maximum atomic E-state index is 11.8. The minimum Gasteiger partial charge on any atom is -0.459 e. The van der Waals surface area contributed by atoms with Crippen LogP contribution in [0.4, 0.5) is 5.69 Å². The smallest absolute Gasteiger partial charge is 0.311 e. The molecule has 0 unspecified atom stereocenters. The van der Waals surface area contributed by atoms with E-state index in [0.717, 1.165) is 0 Å². The third-order valence-corrected chi connectivity index (χ3v) is 3.08. The van der Waals surface area contributed by atoms with E-state index in [0.29, 0.717) is 5.76 Å². The lowest BCUT2D eigenvalue weighted by atomic mass is 10.1. The molecule has 24 heavy (non-hydrogen) atoms. The summed E-state index contributed by atoms with van der Waals surface area (Å²) in [4.78, 5) is 22.2. The number of nitro benzene ring substituents is 1. The Bertz CT molecular complexity index is 856. The lowest BCUT2D eigenvalue weighted by molar-refractivity contribution is -0.385. The number of ether oxygens (including phenoxy) is 1. The number of carbonyl (C=O) groups is 1. The van der Waals surface area contributed by atoms with E-state index in [-0.39, 0.29) is 36.1 Å². The Morgan fingerprint density at radius 2 is 2.04 bits per heavy atom. The molecule has 9 heteroatoms. The molecule has 0 spiro atoms. The summed E-state index contributed by atoms with van der Waals surface area (Å²) in [5.74, 6) is 0.0316. The van der Waals surface area contributed by atoms with Crippen LogP contribution in [0.1, 0.15) is 11.5 Å². The molecule has 0 radical (unpaired) electrons. The van der Waals surface area contributed by atoms with Gasteiger partial charge in [-0.25, -0.2) is 0 Å².